The van der Waals surface area contributed by atoms with Crippen LogP contribution in [0.4, 0.5) is 11.9 Å². The van der Waals surface area contributed by atoms with Gasteiger partial charge in [0, 0.05) is 0 Å². The first-order valence-electron chi connectivity index (χ1n) is 2.80. The lowest BCUT2D eigenvalue weighted by Gasteiger charge is -1.87. The lowest BCUT2D eigenvalue weighted by molar-refractivity contribution is 0.970. The van der Waals surface area contributed by atoms with Gasteiger partial charge in [0.05, 0.1) is 0 Å². The zero-order chi connectivity index (χ0) is 8.01. The second-order valence-electron chi connectivity index (χ2n) is 2.00. The van der Waals surface area contributed by atoms with E-state index >= 15 is 0 Å². The quantitative estimate of drug-likeness (QED) is 0.370. The fourth-order valence-corrected chi connectivity index (χ4v) is 0.782. The summed E-state index contributed by atoms with van der Waals surface area (Å²) in [5, 5.41) is 10.9. The zero-order valence-corrected chi connectivity index (χ0v) is 5.47. The molecule has 0 aliphatic heterocycles. The number of hydrogen-bond donors (Lipinski definition) is 3. The van der Waals surface area contributed by atoms with Crippen molar-refractivity contribution in [2.24, 2.45) is 0 Å². The van der Waals surface area contributed by atoms with Gasteiger partial charge in [-0.05, 0) is 0 Å². The van der Waals surface area contributed by atoms with Crippen LogP contribution in [0.2, 0.25) is 0 Å². The van der Waals surface area contributed by atoms with Crippen molar-refractivity contribution >= 4 is 17.7 Å². The van der Waals surface area contributed by atoms with Crippen LogP contribution >= 0.6 is 0 Å². The Bertz CT molecular complexity index is 395. The van der Waals surface area contributed by atoms with Gasteiger partial charge in [0.15, 0.2) is 0 Å². The first-order valence-corrected chi connectivity index (χ1v) is 2.80. The Kier molecular flexibility index (Phi) is 0.805. The van der Waals surface area contributed by atoms with E-state index in [-0.39, 0.29) is 11.9 Å². The van der Waals surface area contributed by atoms with Crippen molar-refractivity contribution in [3.63, 3.8) is 0 Å². The molecular weight excluding hydrogens is 148 g/mol. The number of aromatic nitrogens is 5. The average molecular weight is 154 g/mol. The zero-order valence-electron chi connectivity index (χ0n) is 5.47. The molecule has 0 radical (unpaired) electrons. The maximum atomic E-state index is 5.40. The van der Waals surface area contributed by atoms with Crippen molar-refractivity contribution in [2.75, 3.05) is 17.3 Å². The molecule has 0 saturated heterocycles. The summed E-state index contributed by atoms with van der Waals surface area (Å²) < 4.78 is 2.36. The number of nitrogens with zero attached hydrogens (tertiary/aromatic N) is 5. The van der Waals surface area contributed by atoms with Crippen molar-refractivity contribution < 1.29 is 0 Å². The van der Waals surface area contributed by atoms with Crippen molar-refractivity contribution in [2.45, 2.75) is 0 Å². The predicted octanol–water partition coefficient (Wildman–Crippen LogP) is -2.20. The van der Waals surface area contributed by atoms with E-state index in [2.05, 4.69) is 15.3 Å². The molecule has 2 aromatic rings. The standard InChI is InChI=1S/C3H6N8/c4-1-7-8-3-10(6)2(5)9-11(1)3/h6H2,(H2,4,7)(H2,5,9). The van der Waals surface area contributed by atoms with Gasteiger partial charge in [-0.25, -0.2) is 0 Å². The van der Waals surface area contributed by atoms with Crippen molar-refractivity contribution in [1.82, 2.24) is 24.5 Å². The fraction of sp³-hybridized carbons (Fsp3) is 0. The van der Waals surface area contributed by atoms with Crippen LogP contribution in [0.15, 0.2) is 0 Å². The van der Waals surface area contributed by atoms with Crippen molar-refractivity contribution in [3.8, 4) is 0 Å². The van der Waals surface area contributed by atoms with Gasteiger partial charge in [-0.15, -0.1) is 15.3 Å². The van der Waals surface area contributed by atoms with Gasteiger partial charge in [-0.3, -0.25) is 0 Å². The molecule has 0 fully saturated rings. The SMILES string of the molecule is Nc1nn2c(N)nnc2n1N. The topological polar surface area (TPSA) is 126 Å². The van der Waals surface area contributed by atoms with Crippen LogP contribution in [0.3, 0.4) is 0 Å². The molecule has 2 rings (SSSR count). The van der Waals surface area contributed by atoms with E-state index in [4.69, 9.17) is 17.3 Å². The third kappa shape index (κ3) is 0.546. The van der Waals surface area contributed by atoms with Gasteiger partial charge in [0.2, 0.25) is 11.9 Å². The minimum Gasteiger partial charge on any atom is -0.366 e. The fourth-order valence-electron chi connectivity index (χ4n) is 0.782. The van der Waals surface area contributed by atoms with Crippen LogP contribution in [-0.2, 0) is 0 Å². The molecule has 2 aromatic heterocycles. The van der Waals surface area contributed by atoms with Crippen LogP contribution < -0.4 is 17.3 Å². The first-order chi connectivity index (χ1) is 5.20. The highest BCUT2D eigenvalue weighted by atomic mass is 15.6. The minimum absolute atomic E-state index is 0.140. The van der Waals surface area contributed by atoms with E-state index in [1.165, 1.54) is 4.52 Å². The molecule has 8 nitrogen and oxygen atoms in total. The van der Waals surface area contributed by atoms with E-state index in [9.17, 15) is 0 Å². The Morgan fingerprint density at radius 1 is 1.09 bits per heavy atom. The third-order valence-electron chi connectivity index (χ3n) is 1.31. The van der Waals surface area contributed by atoms with Crippen LogP contribution in [0.1, 0.15) is 0 Å². The van der Waals surface area contributed by atoms with E-state index in [0.717, 1.165) is 4.68 Å². The van der Waals surface area contributed by atoms with Crippen LogP contribution in [0.5, 0.6) is 0 Å². The number of hydrogen-bond acceptors (Lipinski definition) is 6. The number of nitrogens with two attached hydrogens (primary N) is 3. The Balaban J connectivity index is 2.93. The van der Waals surface area contributed by atoms with Crippen molar-refractivity contribution in [1.29, 1.82) is 0 Å². The molecule has 11 heavy (non-hydrogen) atoms. The van der Waals surface area contributed by atoms with Gasteiger partial charge in [0.1, 0.15) is 0 Å². The molecule has 6 N–H and O–H groups in total. The summed E-state index contributed by atoms with van der Waals surface area (Å²) >= 11 is 0. The molecule has 0 aromatic carbocycles. The number of nitrogen functional groups attached to an aromatic ring is 3. The average Bonchev–Trinajstić information content (AvgIpc) is 2.43. The number of fused-ring (bicyclic) bond motifs is 1. The second kappa shape index (κ2) is 1.54. The minimum atomic E-state index is 0.140. The summed E-state index contributed by atoms with van der Waals surface area (Å²) in [5.74, 6) is 6.02. The molecule has 58 valence electrons. The summed E-state index contributed by atoms with van der Waals surface area (Å²) in [4.78, 5) is 0. The van der Waals surface area contributed by atoms with Gasteiger partial charge < -0.3 is 17.3 Å². The highest BCUT2D eigenvalue weighted by Gasteiger charge is 2.09. The summed E-state index contributed by atoms with van der Waals surface area (Å²) in [7, 11) is 0. The van der Waals surface area contributed by atoms with E-state index in [1.807, 2.05) is 0 Å². The summed E-state index contributed by atoms with van der Waals surface area (Å²) in [5.41, 5.74) is 10.7. The molecular formula is C3H6N8. The Hall–Kier alpha value is -1.99. The van der Waals surface area contributed by atoms with E-state index < -0.39 is 0 Å². The van der Waals surface area contributed by atoms with Gasteiger partial charge >= 0.3 is 0 Å². The Labute approximate surface area is 60.6 Å². The molecule has 0 aliphatic rings. The Morgan fingerprint density at radius 3 is 2.45 bits per heavy atom. The highest BCUT2D eigenvalue weighted by Crippen LogP contribution is 2.04. The maximum Gasteiger partial charge on any atom is 0.275 e. The molecule has 8 heteroatoms. The molecule has 0 unspecified atom stereocenters. The van der Waals surface area contributed by atoms with Gasteiger partial charge in [-0.1, -0.05) is 0 Å². The van der Waals surface area contributed by atoms with E-state index in [1.54, 1.807) is 0 Å². The molecule has 0 atom stereocenters. The van der Waals surface area contributed by atoms with Gasteiger partial charge in [0.25, 0.3) is 5.78 Å². The molecule has 0 aliphatic carbocycles. The molecule has 0 amide bonds. The van der Waals surface area contributed by atoms with Crippen LogP contribution in [0.25, 0.3) is 5.78 Å². The van der Waals surface area contributed by atoms with Crippen LogP contribution in [-0.4, -0.2) is 24.5 Å². The van der Waals surface area contributed by atoms with E-state index in [0.29, 0.717) is 5.78 Å². The first kappa shape index (κ1) is 5.77. The molecule has 0 bridgehead atoms. The summed E-state index contributed by atoms with van der Waals surface area (Å²) in [6.07, 6.45) is 0. The lowest BCUT2D eigenvalue weighted by atomic mass is 11.0. The monoisotopic (exact) mass is 154 g/mol. The summed E-state index contributed by atoms with van der Waals surface area (Å²) in [6, 6.07) is 0. The second-order valence-corrected chi connectivity index (χ2v) is 2.00. The van der Waals surface area contributed by atoms with Crippen LogP contribution in [0, 0.1) is 0 Å². The maximum absolute atomic E-state index is 5.40. The van der Waals surface area contributed by atoms with Crippen molar-refractivity contribution in [3.05, 3.63) is 0 Å². The number of anilines is 2. The molecule has 0 saturated carbocycles. The highest BCUT2D eigenvalue weighted by molar-refractivity contribution is 5.41. The third-order valence-corrected chi connectivity index (χ3v) is 1.31. The molecule has 2 heterocycles. The summed E-state index contributed by atoms with van der Waals surface area (Å²) in [6.45, 7) is 0. The normalized spacial score (nSPS) is 10.9. The number of rotatable bonds is 0. The smallest absolute Gasteiger partial charge is 0.275 e. The largest absolute Gasteiger partial charge is 0.366 e. The van der Waals surface area contributed by atoms with Gasteiger partial charge in [-0.2, -0.15) is 9.19 Å². The Morgan fingerprint density at radius 2 is 1.82 bits per heavy atom. The predicted molar refractivity (Wildman–Crippen MR) is 37.7 cm³/mol. The lowest BCUT2D eigenvalue weighted by Crippen LogP contribution is -2.11. The molecule has 0 spiro atoms.